The summed E-state index contributed by atoms with van der Waals surface area (Å²) in [5, 5.41) is 2.75. The molecule has 0 aliphatic rings. The first-order chi connectivity index (χ1) is 10.2. The van der Waals surface area contributed by atoms with Crippen molar-refractivity contribution in [3.05, 3.63) is 67.1 Å². The first kappa shape index (κ1) is 12.9. The number of hydrogen-bond donors (Lipinski definition) is 2. The van der Waals surface area contributed by atoms with Gasteiger partial charge in [0.25, 0.3) is 0 Å². The molecule has 1 heterocycles. The zero-order valence-corrected chi connectivity index (χ0v) is 11.2. The number of nitrogens with two attached hydrogens (primary N) is 1. The molecule has 0 fully saturated rings. The maximum atomic E-state index is 12.2. The first-order valence-corrected chi connectivity index (χ1v) is 6.49. The molecule has 0 bridgehead atoms. The highest BCUT2D eigenvalue weighted by Crippen LogP contribution is 2.18. The molecule has 3 aromatic rings. The van der Waals surface area contributed by atoms with Gasteiger partial charge < -0.3 is 11.1 Å². The van der Waals surface area contributed by atoms with E-state index in [1.165, 1.54) is 10.9 Å². The van der Waals surface area contributed by atoms with Gasteiger partial charge in [0.15, 0.2) is 0 Å². The van der Waals surface area contributed by atoms with E-state index in [1.54, 1.807) is 18.3 Å². The molecule has 104 valence electrons. The SMILES string of the molecule is Nc1ccccc1NC(=O)n1cnc(-c2ccccc2)c1. The Bertz CT molecular complexity index is 765. The summed E-state index contributed by atoms with van der Waals surface area (Å²) >= 11 is 0. The Kier molecular flexibility index (Phi) is 3.39. The number of nitrogen functional groups attached to an aromatic ring is 1. The van der Waals surface area contributed by atoms with Crippen LogP contribution in [0.2, 0.25) is 0 Å². The van der Waals surface area contributed by atoms with Gasteiger partial charge in [-0.1, -0.05) is 42.5 Å². The molecule has 3 rings (SSSR count). The van der Waals surface area contributed by atoms with Crippen LogP contribution in [-0.4, -0.2) is 15.6 Å². The van der Waals surface area contributed by atoms with Gasteiger partial charge >= 0.3 is 6.03 Å². The van der Waals surface area contributed by atoms with Crippen LogP contribution >= 0.6 is 0 Å². The quantitative estimate of drug-likeness (QED) is 0.707. The summed E-state index contributed by atoms with van der Waals surface area (Å²) < 4.78 is 1.40. The van der Waals surface area contributed by atoms with E-state index in [0.717, 1.165) is 11.3 Å². The lowest BCUT2D eigenvalue weighted by atomic mass is 10.2. The van der Waals surface area contributed by atoms with E-state index < -0.39 is 0 Å². The molecule has 0 aliphatic heterocycles. The minimum atomic E-state index is -0.303. The van der Waals surface area contributed by atoms with Crippen molar-refractivity contribution >= 4 is 17.4 Å². The number of carbonyl (C=O) groups is 1. The number of carbonyl (C=O) groups excluding carboxylic acids is 1. The Labute approximate surface area is 122 Å². The molecule has 21 heavy (non-hydrogen) atoms. The second kappa shape index (κ2) is 5.50. The third kappa shape index (κ3) is 2.76. The minimum Gasteiger partial charge on any atom is -0.397 e. The molecular formula is C16H14N4O. The summed E-state index contributed by atoms with van der Waals surface area (Å²) in [6.45, 7) is 0. The fourth-order valence-corrected chi connectivity index (χ4v) is 1.98. The molecule has 5 nitrogen and oxygen atoms in total. The zero-order chi connectivity index (χ0) is 14.7. The average molecular weight is 278 g/mol. The van der Waals surface area contributed by atoms with Gasteiger partial charge in [-0.25, -0.2) is 9.78 Å². The number of amides is 1. The van der Waals surface area contributed by atoms with Gasteiger partial charge in [-0.05, 0) is 12.1 Å². The van der Waals surface area contributed by atoms with Crippen molar-refractivity contribution in [1.29, 1.82) is 0 Å². The number of hydrogen-bond acceptors (Lipinski definition) is 3. The van der Waals surface area contributed by atoms with Crippen molar-refractivity contribution in [3.8, 4) is 11.3 Å². The summed E-state index contributed by atoms with van der Waals surface area (Å²) in [6.07, 6.45) is 3.17. The van der Waals surface area contributed by atoms with Crippen molar-refractivity contribution in [2.45, 2.75) is 0 Å². The lowest BCUT2D eigenvalue weighted by Gasteiger charge is -2.07. The highest BCUT2D eigenvalue weighted by Gasteiger charge is 2.09. The fourth-order valence-electron chi connectivity index (χ4n) is 1.98. The molecule has 1 aromatic heterocycles. The van der Waals surface area contributed by atoms with Crippen molar-refractivity contribution in [2.24, 2.45) is 0 Å². The largest absolute Gasteiger partial charge is 0.397 e. The molecule has 0 saturated carbocycles. The van der Waals surface area contributed by atoms with Crippen molar-refractivity contribution in [2.75, 3.05) is 11.1 Å². The first-order valence-electron chi connectivity index (χ1n) is 6.49. The Morgan fingerprint density at radius 2 is 1.76 bits per heavy atom. The number of para-hydroxylation sites is 2. The molecule has 0 atom stereocenters. The number of nitrogens with zero attached hydrogens (tertiary/aromatic N) is 2. The molecule has 3 N–H and O–H groups in total. The molecule has 0 aliphatic carbocycles. The number of imidazole rings is 1. The molecule has 0 radical (unpaired) electrons. The number of aromatic nitrogens is 2. The normalized spacial score (nSPS) is 10.3. The maximum absolute atomic E-state index is 12.2. The Morgan fingerprint density at radius 3 is 2.52 bits per heavy atom. The van der Waals surface area contributed by atoms with Crippen LogP contribution < -0.4 is 11.1 Å². The maximum Gasteiger partial charge on any atom is 0.331 e. The molecule has 0 saturated heterocycles. The second-order valence-corrected chi connectivity index (χ2v) is 4.55. The summed E-state index contributed by atoms with van der Waals surface area (Å²) in [5.74, 6) is 0. The van der Waals surface area contributed by atoms with Crippen molar-refractivity contribution < 1.29 is 4.79 Å². The van der Waals surface area contributed by atoms with E-state index in [0.29, 0.717) is 11.4 Å². The third-order valence-electron chi connectivity index (χ3n) is 3.09. The van der Waals surface area contributed by atoms with Gasteiger partial charge in [-0.15, -0.1) is 0 Å². The standard InChI is InChI=1S/C16H14N4O/c17-13-8-4-5-9-14(13)19-16(21)20-10-15(18-11-20)12-6-2-1-3-7-12/h1-11H,17H2,(H,19,21). The Balaban J connectivity index is 1.80. The fraction of sp³-hybridized carbons (Fsp3) is 0. The monoisotopic (exact) mass is 278 g/mol. The van der Waals surface area contributed by atoms with Gasteiger partial charge in [0, 0.05) is 11.8 Å². The summed E-state index contributed by atoms with van der Waals surface area (Å²) in [6, 6.07) is 16.5. The van der Waals surface area contributed by atoms with Crippen LogP contribution in [0.1, 0.15) is 0 Å². The molecule has 5 heteroatoms. The molecule has 0 unspecified atom stereocenters. The van der Waals surface area contributed by atoms with Crippen LogP contribution in [0.15, 0.2) is 67.1 Å². The molecule has 2 aromatic carbocycles. The van der Waals surface area contributed by atoms with Gasteiger partial charge in [0.1, 0.15) is 6.33 Å². The zero-order valence-electron chi connectivity index (χ0n) is 11.2. The van der Waals surface area contributed by atoms with Crippen LogP contribution in [-0.2, 0) is 0 Å². The van der Waals surface area contributed by atoms with Gasteiger partial charge in [-0.3, -0.25) is 4.57 Å². The van der Waals surface area contributed by atoms with Crippen LogP contribution in [0.4, 0.5) is 16.2 Å². The minimum absolute atomic E-state index is 0.303. The van der Waals surface area contributed by atoms with Crippen LogP contribution in [0.25, 0.3) is 11.3 Å². The van der Waals surface area contributed by atoms with Gasteiger partial charge in [0.2, 0.25) is 0 Å². The third-order valence-corrected chi connectivity index (χ3v) is 3.09. The van der Waals surface area contributed by atoms with Crippen molar-refractivity contribution in [1.82, 2.24) is 9.55 Å². The molecular weight excluding hydrogens is 264 g/mol. The summed E-state index contributed by atoms with van der Waals surface area (Å²) in [7, 11) is 0. The number of benzene rings is 2. The number of rotatable bonds is 2. The predicted octanol–water partition coefficient (Wildman–Crippen LogP) is 3.21. The van der Waals surface area contributed by atoms with Gasteiger partial charge in [0.05, 0.1) is 17.1 Å². The highest BCUT2D eigenvalue weighted by atomic mass is 16.2. The summed E-state index contributed by atoms with van der Waals surface area (Å²) in [4.78, 5) is 16.4. The van der Waals surface area contributed by atoms with E-state index in [1.807, 2.05) is 42.5 Å². The molecule has 1 amide bonds. The van der Waals surface area contributed by atoms with Gasteiger partial charge in [-0.2, -0.15) is 0 Å². The van der Waals surface area contributed by atoms with Crippen LogP contribution in [0, 0.1) is 0 Å². The smallest absolute Gasteiger partial charge is 0.331 e. The van der Waals surface area contributed by atoms with Crippen LogP contribution in [0.5, 0.6) is 0 Å². The number of nitrogens with one attached hydrogen (secondary N) is 1. The Morgan fingerprint density at radius 1 is 1.05 bits per heavy atom. The predicted molar refractivity (Wildman–Crippen MR) is 82.9 cm³/mol. The highest BCUT2D eigenvalue weighted by molar-refractivity contribution is 5.94. The Hall–Kier alpha value is -3.08. The summed E-state index contributed by atoms with van der Waals surface area (Å²) in [5.41, 5.74) is 8.61. The average Bonchev–Trinajstić information content (AvgIpc) is 3.00. The topological polar surface area (TPSA) is 72.9 Å². The van der Waals surface area contributed by atoms with Crippen LogP contribution in [0.3, 0.4) is 0 Å². The van der Waals surface area contributed by atoms with E-state index in [9.17, 15) is 4.79 Å². The van der Waals surface area contributed by atoms with E-state index in [-0.39, 0.29) is 6.03 Å². The molecule has 0 spiro atoms. The second-order valence-electron chi connectivity index (χ2n) is 4.55. The number of anilines is 2. The van der Waals surface area contributed by atoms with E-state index >= 15 is 0 Å². The lowest BCUT2D eigenvalue weighted by Crippen LogP contribution is -2.18. The van der Waals surface area contributed by atoms with E-state index in [2.05, 4.69) is 10.3 Å². The van der Waals surface area contributed by atoms with E-state index in [4.69, 9.17) is 5.73 Å². The lowest BCUT2D eigenvalue weighted by molar-refractivity contribution is 0.253. The van der Waals surface area contributed by atoms with Crippen molar-refractivity contribution in [3.63, 3.8) is 0 Å².